The van der Waals surface area contributed by atoms with Gasteiger partial charge in [0.05, 0.1) is 0 Å². The van der Waals surface area contributed by atoms with E-state index in [1.54, 1.807) is 0 Å². The molecule has 0 radical (unpaired) electrons. The third-order valence-corrected chi connectivity index (χ3v) is 3.70. The van der Waals surface area contributed by atoms with Gasteiger partial charge in [-0.05, 0) is 25.2 Å². The van der Waals surface area contributed by atoms with E-state index in [0.717, 1.165) is 6.42 Å². The lowest BCUT2D eigenvalue weighted by Crippen LogP contribution is -2.05. The van der Waals surface area contributed by atoms with E-state index in [2.05, 4.69) is 20.8 Å². The molecule has 2 nitrogen and oxygen atoms in total. The normalized spacial score (nSPS) is 11.8. The monoisotopic (exact) mass is 288 g/mol. The minimum atomic E-state index is 0.361. The summed E-state index contributed by atoms with van der Waals surface area (Å²) >= 11 is 0. The SMILES string of the molecule is CCCCCCC(CO)CCCC.CCCCCCO. The Labute approximate surface area is 128 Å². The topological polar surface area (TPSA) is 40.5 Å². The fourth-order valence-corrected chi connectivity index (χ4v) is 2.22. The summed E-state index contributed by atoms with van der Waals surface area (Å²) in [5.41, 5.74) is 0. The fraction of sp³-hybridized carbons (Fsp3) is 1.00. The molecule has 1 atom stereocenters. The summed E-state index contributed by atoms with van der Waals surface area (Å²) in [6, 6.07) is 0. The van der Waals surface area contributed by atoms with Crippen molar-refractivity contribution < 1.29 is 10.2 Å². The van der Waals surface area contributed by atoms with Gasteiger partial charge in [0.15, 0.2) is 0 Å². The summed E-state index contributed by atoms with van der Waals surface area (Å²) in [4.78, 5) is 0. The van der Waals surface area contributed by atoms with Crippen LogP contribution in [0.5, 0.6) is 0 Å². The van der Waals surface area contributed by atoms with Crippen molar-refractivity contribution in [2.45, 2.75) is 97.8 Å². The number of aliphatic hydroxyl groups is 2. The van der Waals surface area contributed by atoms with Crippen molar-refractivity contribution >= 4 is 0 Å². The molecule has 0 aromatic carbocycles. The second-order valence-corrected chi connectivity index (χ2v) is 5.82. The average Bonchev–Trinajstić information content (AvgIpc) is 2.48. The van der Waals surface area contributed by atoms with Crippen molar-refractivity contribution in [2.75, 3.05) is 13.2 Å². The van der Waals surface area contributed by atoms with E-state index in [1.165, 1.54) is 70.6 Å². The first-order valence-corrected chi connectivity index (χ1v) is 8.98. The number of hydrogen-bond acceptors (Lipinski definition) is 2. The van der Waals surface area contributed by atoms with Crippen LogP contribution in [0.2, 0.25) is 0 Å². The molecule has 0 saturated heterocycles. The number of aliphatic hydroxyl groups excluding tert-OH is 2. The highest BCUT2D eigenvalue weighted by Crippen LogP contribution is 2.16. The Balaban J connectivity index is 0. The van der Waals surface area contributed by atoms with E-state index in [0.29, 0.717) is 19.1 Å². The molecule has 124 valence electrons. The fourth-order valence-electron chi connectivity index (χ4n) is 2.22. The Morgan fingerprint density at radius 1 is 0.600 bits per heavy atom. The molecule has 0 aliphatic heterocycles. The van der Waals surface area contributed by atoms with Crippen LogP contribution in [0.4, 0.5) is 0 Å². The second kappa shape index (κ2) is 21.2. The van der Waals surface area contributed by atoms with Crippen LogP contribution in [-0.4, -0.2) is 23.4 Å². The summed E-state index contributed by atoms with van der Waals surface area (Å²) in [6.45, 7) is 7.37. The summed E-state index contributed by atoms with van der Waals surface area (Å²) in [7, 11) is 0. The van der Waals surface area contributed by atoms with E-state index in [1.807, 2.05) is 0 Å². The molecule has 0 rings (SSSR count). The minimum Gasteiger partial charge on any atom is -0.396 e. The van der Waals surface area contributed by atoms with Crippen LogP contribution in [0, 0.1) is 5.92 Å². The van der Waals surface area contributed by atoms with Gasteiger partial charge in [0.1, 0.15) is 0 Å². The van der Waals surface area contributed by atoms with Gasteiger partial charge in [-0.15, -0.1) is 0 Å². The molecule has 0 aromatic heterocycles. The predicted molar refractivity (Wildman–Crippen MR) is 90.1 cm³/mol. The summed E-state index contributed by atoms with van der Waals surface area (Å²) < 4.78 is 0. The molecule has 0 aromatic rings. The molecule has 2 N–H and O–H groups in total. The van der Waals surface area contributed by atoms with E-state index in [9.17, 15) is 0 Å². The van der Waals surface area contributed by atoms with Gasteiger partial charge in [-0.3, -0.25) is 0 Å². The number of hydrogen-bond donors (Lipinski definition) is 2. The molecule has 2 heteroatoms. The highest BCUT2D eigenvalue weighted by molar-refractivity contribution is 4.58. The van der Waals surface area contributed by atoms with Crippen LogP contribution < -0.4 is 0 Å². The Kier molecular flexibility index (Phi) is 23.6. The van der Waals surface area contributed by atoms with E-state index >= 15 is 0 Å². The van der Waals surface area contributed by atoms with Gasteiger partial charge in [0, 0.05) is 13.2 Å². The molecule has 1 unspecified atom stereocenters. The standard InChI is InChI=1S/C12H26O.C6H14O/c1-3-5-7-8-10-12(11-13)9-6-4-2;1-2-3-4-5-6-7/h12-13H,3-11H2,1-2H3;7H,2-6H2,1H3. The zero-order valence-corrected chi connectivity index (χ0v) is 14.4. The average molecular weight is 289 g/mol. The molecule has 0 aliphatic rings. The van der Waals surface area contributed by atoms with Crippen molar-refractivity contribution in [3.8, 4) is 0 Å². The van der Waals surface area contributed by atoms with Crippen LogP contribution in [-0.2, 0) is 0 Å². The zero-order chi connectivity index (χ0) is 15.5. The quantitative estimate of drug-likeness (QED) is 0.451. The van der Waals surface area contributed by atoms with Gasteiger partial charge in [-0.25, -0.2) is 0 Å². The van der Waals surface area contributed by atoms with Crippen molar-refractivity contribution in [3.63, 3.8) is 0 Å². The summed E-state index contributed by atoms with van der Waals surface area (Å²) in [5, 5.41) is 17.4. The highest BCUT2D eigenvalue weighted by Gasteiger charge is 2.05. The van der Waals surface area contributed by atoms with E-state index in [4.69, 9.17) is 10.2 Å². The van der Waals surface area contributed by atoms with Gasteiger partial charge in [0.25, 0.3) is 0 Å². The molecule has 0 aliphatic carbocycles. The molecular formula is C18H40O2. The number of rotatable bonds is 13. The van der Waals surface area contributed by atoms with Gasteiger partial charge in [-0.2, -0.15) is 0 Å². The minimum absolute atomic E-state index is 0.361. The smallest absolute Gasteiger partial charge is 0.0459 e. The second-order valence-electron chi connectivity index (χ2n) is 5.82. The van der Waals surface area contributed by atoms with Crippen molar-refractivity contribution in [3.05, 3.63) is 0 Å². The molecule has 0 fully saturated rings. The molecule has 0 saturated carbocycles. The van der Waals surface area contributed by atoms with Crippen LogP contribution in [0.25, 0.3) is 0 Å². The molecule has 20 heavy (non-hydrogen) atoms. The molecular weight excluding hydrogens is 248 g/mol. The first-order valence-electron chi connectivity index (χ1n) is 8.98. The maximum atomic E-state index is 9.11. The maximum absolute atomic E-state index is 9.11. The van der Waals surface area contributed by atoms with Crippen LogP contribution >= 0.6 is 0 Å². The summed E-state index contributed by atoms with van der Waals surface area (Å²) in [6.07, 6.45) is 15.0. The Morgan fingerprint density at radius 3 is 1.55 bits per heavy atom. The molecule has 0 heterocycles. The van der Waals surface area contributed by atoms with Gasteiger partial charge in [-0.1, -0.05) is 78.6 Å². The van der Waals surface area contributed by atoms with Crippen molar-refractivity contribution in [2.24, 2.45) is 5.92 Å². The van der Waals surface area contributed by atoms with E-state index in [-0.39, 0.29) is 0 Å². The third kappa shape index (κ3) is 20.2. The summed E-state index contributed by atoms with van der Waals surface area (Å²) in [5.74, 6) is 0.580. The first-order chi connectivity index (χ1) is 9.76. The largest absolute Gasteiger partial charge is 0.396 e. The van der Waals surface area contributed by atoms with Crippen LogP contribution in [0.1, 0.15) is 97.8 Å². The first kappa shape index (κ1) is 22.2. The van der Waals surface area contributed by atoms with Gasteiger partial charge < -0.3 is 10.2 Å². The Bertz CT molecular complexity index is 144. The lowest BCUT2D eigenvalue weighted by Gasteiger charge is -2.12. The van der Waals surface area contributed by atoms with E-state index < -0.39 is 0 Å². The third-order valence-electron chi connectivity index (χ3n) is 3.70. The van der Waals surface area contributed by atoms with Gasteiger partial charge in [0.2, 0.25) is 0 Å². The molecule has 0 bridgehead atoms. The van der Waals surface area contributed by atoms with Crippen molar-refractivity contribution in [1.82, 2.24) is 0 Å². The Hall–Kier alpha value is -0.0800. The molecule has 0 amide bonds. The van der Waals surface area contributed by atoms with Gasteiger partial charge >= 0.3 is 0 Å². The van der Waals surface area contributed by atoms with Crippen LogP contribution in [0.15, 0.2) is 0 Å². The lowest BCUT2D eigenvalue weighted by molar-refractivity contribution is 0.205. The lowest BCUT2D eigenvalue weighted by atomic mass is 9.96. The predicted octanol–water partition coefficient (Wildman–Crippen LogP) is 5.31. The Morgan fingerprint density at radius 2 is 1.10 bits per heavy atom. The van der Waals surface area contributed by atoms with Crippen molar-refractivity contribution in [1.29, 1.82) is 0 Å². The zero-order valence-electron chi connectivity index (χ0n) is 14.4. The molecule has 0 spiro atoms. The maximum Gasteiger partial charge on any atom is 0.0459 e. The highest BCUT2D eigenvalue weighted by atomic mass is 16.3. The van der Waals surface area contributed by atoms with Crippen LogP contribution in [0.3, 0.4) is 0 Å². The number of unbranched alkanes of at least 4 members (excludes halogenated alkanes) is 7.